The lowest BCUT2D eigenvalue weighted by Gasteiger charge is -2.24. The minimum absolute atomic E-state index is 0.385. The lowest BCUT2D eigenvalue weighted by molar-refractivity contribution is -0.139. The van der Waals surface area contributed by atoms with Gasteiger partial charge in [0.25, 0.3) is 0 Å². The Morgan fingerprint density at radius 1 is 1.47 bits per heavy atom. The van der Waals surface area contributed by atoms with Crippen molar-refractivity contribution in [2.75, 3.05) is 0 Å². The molecule has 2 heterocycles. The van der Waals surface area contributed by atoms with Gasteiger partial charge in [-0.3, -0.25) is 4.79 Å². The highest BCUT2D eigenvalue weighted by molar-refractivity contribution is 5.75. The molecule has 0 aromatic carbocycles. The number of imidazole rings is 1. The number of nitrogens with zero attached hydrogens (tertiary/aromatic N) is 2. The molecular formula is C13H18N2O2. The van der Waals surface area contributed by atoms with E-state index in [1.807, 2.05) is 0 Å². The molecule has 0 saturated carbocycles. The second-order valence-corrected chi connectivity index (χ2v) is 5.40. The summed E-state index contributed by atoms with van der Waals surface area (Å²) >= 11 is 0. The molecule has 1 aliphatic heterocycles. The second kappa shape index (κ2) is 3.86. The van der Waals surface area contributed by atoms with Gasteiger partial charge in [0.05, 0.1) is 5.69 Å². The van der Waals surface area contributed by atoms with Gasteiger partial charge in [0.15, 0.2) is 0 Å². The molecule has 3 rings (SSSR count). The van der Waals surface area contributed by atoms with Crippen molar-refractivity contribution in [1.82, 2.24) is 9.55 Å². The van der Waals surface area contributed by atoms with Crippen LogP contribution in [0.4, 0.5) is 0 Å². The van der Waals surface area contributed by atoms with Crippen molar-refractivity contribution in [1.29, 1.82) is 0 Å². The van der Waals surface area contributed by atoms with Crippen LogP contribution in [0.3, 0.4) is 0 Å². The first-order chi connectivity index (χ1) is 8.16. The van der Waals surface area contributed by atoms with Crippen molar-refractivity contribution in [3.63, 3.8) is 0 Å². The van der Waals surface area contributed by atoms with Gasteiger partial charge >= 0.3 is 5.97 Å². The molecule has 1 N–H and O–H groups in total. The third kappa shape index (κ3) is 1.66. The van der Waals surface area contributed by atoms with Crippen LogP contribution in [-0.4, -0.2) is 20.6 Å². The average Bonchev–Trinajstić information content (AvgIpc) is 2.66. The summed E-state index contributed by atoms with van der Waals surface area (Å²) in [5.74, 6) is 0.405. The van der Waals surface area contributed by atoms with Gasteiger partial charge in [-0.2, -0.15) is 0 Å². The SMILES string of the molecule is CC1CCc2nc3n(c2C1)CCCC3C(=O)O. The zero-order chi connectivity index (χ0) is 12.0. The molecule has 4 heteroatoms. The Labute approximate surface area is 101 Å². The molecule has 1 aromatic heterocycles. The highest BCUT2D eigenvalue weighted by Crippen LogP contribution is 2.33. The molecule has 0 bridgehead atoms. The fraction of sp³-hybridized carbons (Fsp3) is 0.692. The predicted molar refractivity (Wildman–Crippen MR) is 63.0 cm³/mol. The molecule has 1 aromatic rings. The molecule has 2 atom stereocenters. The van der Waals surface area contributed by atoms with E-state index in [1.165, 1.54) is 12.1 Å². The second-order valence-electron chi connectivity index (χ2n) is 5.40. The molecule has 0 spiro atoms. The summed E-state index contributed by atoms with van der Waals surface area (Å²) in [6.45, 7) is 3.22. The number of aliphatic carboxylic acids is 1. The highest BCUT2D eigenvalue weighted by atomic mass is 16.4. The molecular weight excluding hydrogens is 216 g/mol. The summed E-state index contributed by atoms with van der Waals surface area (Å²) in [6.07, 6.45) is 4.96. The zero-order valence-corrected chi connectivity index (χ0v) is 10.1. The van der Waals surface area contributed by atoms with Crippen LogP contribution in [-0.2, 0) is 24.2 Å². The maximum absolute atomic E-state index is 11.2. The first kappa shape index (κ1) is 10.8. The summed E-state index contributed by atoms with van der Waals surface area (Å²) in [5, 5.41) is 9.24. The standard InChI is InChI=1S/C13H18N2O2/c1-8-4-5-10-11(7-8)15-6-2-3-9(13(16)17)12(15)14-10/h8-9H,2-7H2,1H3,(H,16,17). The quantitative estimate of drug-likeness (QED) is 0.808. The maximum Gasteiger partial charge on any atom is 0.314 e. The third-order valence-corrected chi connectivity index (χ3v) is 4.09. The van der Waals surface area contributed by atoms with E-state index >= 15 is 0 Å². The molecule has 0 fully saturated rings. The largest absolute Gasteiger partial charge is 0.481 e. The Bertz CT molecular complexity index is 464. The zero-order valence-electron chi connectivity index (χ0n) is 10.1. The van der Waals surface area contributed by atoms with Gasteiger partial charge in [-0.05, 0) is 38.0 Å². The molecule has 92 valence electrons. The van der Waals surface area contributed by atoms with Gasteiger partial charge in [0, 0.05) is 12.2 Å². The molecule has 2 aliphatic rings. The summed E-state index contributed by atoms with van der Waals surface area (Å²) in [6, 6.07) is 0. The Balaban J connectivity index is 2.06. The van der Waals surface area contributed by atoms with Gasteiger partial charge in [0.1, 0.15) is 11.7 Å². The first-order valence-electron chi connectivity index (χ1n) is 6.47. The fourth-order valence-electron chi connectivity index (χ4n) is 3.13. The van der Waals surface area contributed by atoms with E-state index in [1.54, 1.807) is 0 Å². The van der Waals surface area contributed by atoms with Crippen LogP contribution < -0.4 is 0 Å². The van der Waals surface area contributed by atoms with Crippen molar-refractivity contribution in [3.05, 3.63) is 17.2 Å². The van der Waals surface area contributed by atoms with E-state index in [-0.39, 0.29) is 5.92 Å². The summed E-state index contributed by atoms with van der Waals surface area (Å²) in [4.78, 5) is 15.9. The maximum atomic E-state index is 11.2. The Morgan fingerprint density at radius 3 is 3.06 bits per heavy atom. The van der Waals surface area contributed by atoms with E-state index in [0.29, 0.717) is 5.92 Å². The Hall–Kier alpha value is -1.32. The van der Waals surface area contributed by atoms with Gasteiger partial charge in [-0.25, -0.2) is 4.98 Å². The lowest BCUT2D eigenvalue weighted by atomic mass is 9.91. The van der Waals surface area contributed by atoms with Crippen LogP contribution in [0.1, 0.15) is 49.3 Å². The molecule has 4 nitrogen and oxygen atoms in total. The number of hydrogen-bond donors (Lipinski definition) is 1. The normalized spacial score (nSPS) is 27.4. The topological polar surface area (TPSA) is 55.1 Å². The third-order valence-electron chi connectivity index (χ3n) is 4.09. The molecule has 2 unspecified atom stereocenters. The van der Waals surface area contributed by atoms with Gasteiger partial charge < -0.3 is 9.67 Å². The smallest absolute Gasteiger partial charge is 0.314 e. The van der Waals surface area contributed by atoms with E-state index in [0.717, 1.165) is 43.7 Å². The van der Waals surface area contributed by atoms with Gasteiger partial charge in [-0.1, -0.05) is 6.92 Å². The van der Waals surface area contributed by atoms with E-state index in [9.17, 15) is 9.90 Å². The summed E-state index contributed by atoms with van der Waals surface area (Å²) in [7, 11) is 0. The fourth-order valence-corrected chi connectivity index (χ4v) is 3.13. The highest BCUT2D eigenvalue weighted by Gasteiger charge is 2.32. The van der Waals surface area contributed by atoms with Crippen molar-refractivity contribution in [3.8, 4) is 0 Å². The van der Waals surface area contributed by atoms with E-state index in [2.05, 4.69) is 16.5 Å². The monoisotopic (exact) mass is 234 g/mol. The number of hydrogen-bond acceptors (Lipinski definition) is 2. The van der Waals surface area contributed by atoms with Crippen molar-refractivity contribution >= 4 is 5.97 Å². The average molecular weight is 234 g/mol. The number of carbonyl (C=O) groups is 1. The summed E-state index contributed by atoms with van der Waals surface area (Å²) < 4.78 is 2.19. The first-order valence-corrected chi connectivity index (χ1v) is 6.47. The minimum Gasteiger partial charge on any atom is -0.481 e. The molecule has 0 radical (unpaired) electrons. The number of carboxylic acid groups (broad SMARTS) is 1. The Kier molecular flexibility index (Phi) is 2.45. The van der Waals surface area contributed by atoms with E-state index < -0.39 is 5.97 Å². The van der Waals surface area contributed by atoms with Crippen molar-refractivity contribution < 1.29 is 9.90 Å². The number of rotatable bonds is 1. The Morgan fingerprint density at radius 2 is 2.29 bits per heavy atom. The molecule has 1 aliphatic carbocycles. The van der Waals surface area contributed by atoms with Gasteiger partial charge in [-0.15, -0.1) is 0 Å². The molecule has 0 saturated heterocycles. The van der Waals surface area contributed by atoms with Crippen molar-refractivity contribution in [2.24, 2.45) is 5.92 Å². The predicted octanol–water partition coefficient (Wildman–Crippen LogP) is 1.97. The van der Waals surface area contributed by atoms with Crippen LogP contribution in [0.2, 0.25) is 0 Å². The van der Waals surface area contributed by atoms with Crippen molar-refractivity contribution in [2.45, 2.75) is 51.5 Å². The van der Waals surface area contributed by atoms with E-state index in [4.69, 9.17) is 0 Å². The molecule has 0 amide bonds. The van der Waals surface area contributed by atoms with Crippen LogP contribution in [0.15, 0.2) is 0 Å². The van der Waals surface area contributed by atoms with Gasteiger partial charge in [0.2, 0.25) is 0 Å². The number of carboxylic acids is 1. The van der Waals surface area contributed by atoms with Crippen LogP contribution in [0, 0.1) is 5.92 Å². The minimum atomic E-state index is -0.721. The summed E-state index contributed by atoms with van der Waals surface area (Å²) in [5.41, 5.74) is 2.47. The number of aryl methyl sites for hydroxylation is 1. The van der Waals surface area contributed by atoms with Crippen LogP contribution in [0.25, 0.3) is 0 Å². The number of fused-ring (bicyclic) bond motifs is 3. The number of aromatic nitrogens is 2. The van der Waals surface area contributed by atoms with Crippen LogP contribution >= 0.6 is 0 Å². The lowest BCUT2D eigenvalue weighted by Crippen LogP contribution is -2.24. The molecule has 17 heavy (non-hydrogen) atoms. The van der Waals surface area contributed by atoms with Crippen LogP contribution in [0.5, 0.6) is 0 Å².